The summed E-state index contributed by atoms with van der Waals surface area (Å²) in [5.74, 6) is 1.42. The number of hydrogen-bond acceptors (Lipinski definition) is 3. The molecule has 0 bridgehead atoms. The second kappa shape index (κ2) is 4.11. The van der Waals surface area contributed by atoms with Crippen LogP contribution in [-0.2, 0) is 0 Å². The van der Waals surface area contributed by atoms with E-state index < -0.39 is 6.10 Å². The fraction of sp³-hybridized carbons (Fsp3) is 0.500. The van der Waals surface area contributed by atoms with Crippen LogP contribution in [0.5, 0.6) is 11.5 Å². The van der Waals surface area contributed by atoms with Gasteiger partial charge in [-0.3, -0.25) is 0 Å². The van der Waals surface area contributed by atoms with E-state index in [0.717, 1.165) is 24.0 Å². The van der Waals surface area contributed by atoms with Crippen LogP contribution in [0.25, 0.3) is 0 Å². The molecule has 1 aliphatic heterocycles. The van der Waals surface area contributed by atoms with Gasteiger partial charge in [0, 0.05) is 5.56 Å². The minimum atomic E-state index is -0.434. The van der Waals surface area contributed by atoms with Crippen LogP contribution in [0.2, 0.25) is 0 Å². The van der Waals surface area contributed by atoms with Gasteiger partial charge in [-0.1, -0.05) is 0 Å². The summed E-state index contributed by atoms with van der Waals surface area (Å²) in [5.41, 5.74) is 1.93. The van der Waals surface area contributed by atoms with E-state index in [-0.39, 0.29) is 0 Å². The number of ether oxygens (including phenoxy) is 2. The predicted molar refractivity (Wildman–Crippen MR) is 57.4 cm³/mol. The Hall–Kier alpha value is -1.22. The fourth-order valence-electron chi connectivity index (χ4n) is 1.93. The molecule has 1 aromatic rings. The van der Waals surface area contributed by atoms with Gasteiger partial charge in [-0.05, 0) is 37.5 Å². The Morgan fingerprint density at radius 2 is 2.27 bits per heavy atom. The summed E-state index contributed by atoms with van der Waals surface area (Å²) >= 11 is 0. The van der Waals surface area contributed by atoms with Crippen LogP contribution in [0.15, 0.2) is 12.1 Å². The summed E-state index contributed by atoms with van der Waals surface area (Å²) in [6, 6.07) is 3.89. The fourth-order valence-corrected chi connectivity index (χ4v) is 1.93. The maximum absolute atomic E-state index is 9.95. The zero-order valence-electron chi connectivity index (χ0n) is 9.12. The standard InChI is InChI=1S/C12H16O3/c1-8-6-9-10(13)4-3-5-15-12(9)11(7-8)14-2/h6-7,10,13H,3-5H2,1-2H3/t10-/m1/s1. The zero-order valence-corrected chi connectivity index (χ0v) is 9.12. The first-order valence-electron chi connectivity index (χ1n) is 5.21. The molecule has 2 rings (SSSR count). The van der Waals surface area contributed by atoms with Crippen molar-refractivity contribution < 1.29 is 14.6 Å². The molecule has 0 radical (unpaired) electrons. The lowest BCUT2D eigenvalue weighted by molar-refractivity contribution is 0.167. The average molecular weight is 208 g/mol. The highest BCUT2D eigenvalue weighted by atomic mass is 16.5. The van der Waals surface area contributed by atoms with Gasteiger partial charge in [0.05, 0.1) is 19.8 Å². The number of methoxy groups -OCH3 is 1. The molecule has 3 heteroatoms. The summed E-state index contributed by atoms with van der Waals surface area (Å²) in [6.07, 6.45) is 1.19. The molecule has 0 fully saturated rings. The quantitative estimate of drug-likeness (QED) is 0.769. The van der Waals surface area contributed by atoms with Gasteiger partial charge in [0.1, 0.15) is 0 Å². The Morgan fingerprint density at radius 3 is 3.00 bits per heavy atom. The summed E-state index contributed by atoms with van der Waals surface area (Å²) < 4.78 is 10.9. The van der Waals surface area contributed by atoms with Gasteiger partial charge in [-0.15, -0.1) is 0 Å². The van der Waals surface area contributed by atoms with E-state index in [0.29, 0.717) is 18.1 Å². The average Bonchev–Trinajstić information content (AvgIpc) is 2.40. The lowest BCUT2D eigenvalue weighted by Crippen LogP contribution is -2.00. The van der Waals surface area contributed by atoms with Gasteiger partial charge in [-0.25, -0.2) is 0 Å². The maximum Gasteiger partial charge on any atom is 0.166 e. The largest absolute Gasteiger partial charge is 0.493 e. The van der Waals surface area contributed by atoms with E-state index in [2.05, 4.69) is 0 Å². The van der Waals surface area contributed by atoms with Crippen molar-refractivity contribution in [1.29, 1.82) is 0 Å². The van der Waals surface area contributed by atoms with Crippen LogP contribution in [0.3, 0.4) is 0 Å². The van der Waals surface area contributed by atoms with E-state index in [1.165, 1.54) is 0 Å². The molecule has 82 valence electrons. The molecular weight excluding hydrogens is 192 g/mol. The Bertz CT molecular complexity index is 360. The highest BCUT2D eigenvalue weighted by Gasteiger charge is 2.21. The molecule has 0 unspecified atom stereocenters. The third-order valence-electron chi connectivity index (χ3n) is 2.68. The van der Waals surface area contributed by atoms with Crippen molar-refractivity contribution in [3.8, 4) is 11.5 Å². The second-order valence-electron chi connectivity index (χ2n) is 3.89. The van der Waals surface area contributed by atoms with Crippen LogP contribution < -0.4 is 9.47 Å². The first kappa shape index (κ1) is 10.3. The molecule has 1 aliphatic rings. The number of rotatable bonds is 1. The highest BCUT2D eigenvalue weighted by Crippen LogP contribution is 2.39. The summed E-state index contributed by atoms with van der Waals surface area (Å²) in [4.78, 5) is 0. The van der Waals surface area contributed by atoms with Crippen molar-refractivity contribution >= 4 is 0 Å². The van der Waals surface area contributed by atoms with Crippen LogP contribution in [0.1, 0.15) is 30.1 Å². The highest BCUT2D eigenvalue weighted by molar-refractivity contribution is 5.50. The third kappa shape index (κ3) is 1.92. The van der Waals surface area contributed by atoms with E-state index >= 15 is 0 Å². The molecule has 0 saturated carbocycles. The minimum Gasteiger partial charge on any atom is -0.493 e. The van der Waals surface area contributed by atoms with Gasteiger partial charge < -0.3 is 14.6 Å². The maximum atomic E-state index is 9.95. The Kier molecular flexibility index (Phi) is 2.82. The number of aliphatic hydroxyl groups is 1. The lowest BCUT2D eigenvalue weighted by atomic mass is 10.0. The first-order chi connectivity index (χ1) is 7.22. The Balaban J connectivity index is 2.52. The molecule has 0 amide bonds. The predicted octanol–water partition coefficient (Wildman–Crippen LogP) is 2.21. The smallest absolute Gasteiger partial charge is 0.166 e. The molecule has 0 saturated heterocycles. The monoisotopic (exact) mass is 208 g/mol. The topological polar surface area (TPSA) is 38.7 Å². The van der Waals surface area contributed by atoms with Gasteiger partial charge in [-0.2, -0.15) is 0 Å². The summed E-state index contributed by atoms with van der Waals surface area (Å²) in [5, 5.41) is 9.95. The van der Waals surface area contributed by atoms with Crippen LogP contribution >= 0.6 is 0 Å². The van der Waals surface area contributed by atoms with E-state index in [9.17, 15) is 5.11 Å². The zero-order chi connectivity index (χ0) is 10.8. The summed E-state index contributed by atoms with van der Waals surface area (Å²) in [7, 11) is 1.62. The molecule has 1 atom stereocenters. The van der Waals surface area contributed by atoms with E-state index in [4.69, 9.17) is 9.47 Å². The van der Waals surface area contributed by atoms with E-state index in [1.807, 2.05) is 19.1 Å². The van der Waals surface area contributed by atoms with Crippen LogP contribution in [0, 0.1) is 6.92 Å². The molecule has 0 spiro atoms. The van der Waals surface area contributed by atoms with E-state index in [1.54, 1.807) is 7.11 Å². The number of hydrogen-bond donors (Lipinski definition) is 1. The number of benzene rings is 1. The summed E-state index contributed by atoms with van der Waals surface area (Å²) in [6.45, 7) is 2.63. The van der Waals surface area contributed by atoms with Gasteiger partial charge in [0.15, 0.2) is 11.5 Å². The molecule has 1 aromatic carbocycles. The number of aliphatic hydroxyl groups excluding tert-OH is 1. The van der Waals surface area contributed by atoms with Gasteiger partial charge in [0.25, 0.3) is 0 Å². The Morgan fingerprint density at radius 1 is 1.47 bits per heavy atom. The molecule has 0 aromatic heterocycles. The van der Waals surface area contributed by atoms with Crippen molar-refractivity contribution in [3.05, 3.63) is 23.3 Å². The molecule has 3 nitrogen and oxygen atoms in total. The molecular formula is C12H16O3. The molecule has 1 N–H and O–H groups in total. The normalized spacial score (nSPS) is 20.1. The molecule has 1 heterocycles. The van der Waals surface area contributed by atoms with Crippen LogP contribution in [0.4, 0.5) is 0 Å². The number of fused-ring (bicyclic) bond motifs is 1. The van der Waals surface area contributed by atoms with Gasteiger partial charge >= 0.3 is 0 Å². The lowest BCUT2D eigenvalue weighted by Gasteiger charge is -2.15. The number of aryl methyl sites for hydroxylation is 1. The molecule has 0 aliphatic carbocycles. The molecule has 15 heavy (non-hydrogen) atoms. The van der Waals surface area contributed by atoms with Crippen molar-refractivity contribution in [2.24, 2.45) is 0 Å². The Labute approximate surface area is 89.6 Å². The second-order valence-corrected chi connectivity index (χ2v) is 3.89. The van der Waals surface area contributed by atoms with Crippen molar-refractivity contribution in [3.63, 3.8) is 0 Å². The minimum absolute atomic E-state index is 0.434. The van der Waals surface area contributed by atoms with Crippen LogP contribution in [-0.4, -0.2) is 18.8 Å². The van der Waals surface area contributed by atoms with Crippen molar-refractivity contribution in [1.82, 2.24) is 0 Å². The van der Waals surface area contributed by atoms with Gasteiger partial charge in [0.2, 0.25) is 0 Å². The van der Waals surface area contributed by atoms with Crippen molar-refractivity contribution in [2.45, 2.75) is 25.9 Å². The first-order valence-corrected chi connectivity index (χ1v) is 5.21. The SMILES string of the molecule is COc1cc(C)cc2c1OCCC[C@H]2O. The third-order valence-corrected chi connectivity index (χ3v) is 2.68. The van der Waals surface area contributed by atoms with Crippen molar-refractivity contribution in [2.75, 3.05) is 13.7 Å².